The van der Waals surface area contributed by atoms with Crippen LogP contribution in [0.4, 0.5) is 0 Å². The summed E-state index contributed by atoms with van der Waals surface area (Å²) in [6, 6.07) is 0. The van der Waals surface area contributed by atoms with Crippen molar-refractivity contribution in [2.45, 2.75) is 19.4 Å². The Bertz CT molecular complexity index is 272. The lowest BCUT2D eigenvalue weighted by Crippen LogP contribution is -2.33. The first kappa shape index (κ1) is 8.44. The maximum atomic E-state index is 10.9. The molecule has 0 aliphatic carbocycles. The SMILES string of the molecule is O=C1CCN(Cc2cnco2)CC1. The van der Waals surface area contributed by atoms with Crippen molar-refractivity contribution in [2.24, 2.45) is 0 Å². The summed E-state index contributed by atoms with van der Waals surface area (Å²) < 4.78 is 5.13. The largest absolute Gasteiger partial charge is 0.447 e. The summed E-state index contributed by atoms with van der Waals surface area (Å²) in [5.41, 5.74) is 0. The van der Waals surface area contributed by atoms with Crippen LogP contribution in [-0.4, -0.2) is 28.8 Å². The topological polar surface area (TPSA) is 46.3 Å². The van der Waals surface area contributed by atoms with E-state index in [4.69, 9.17) is 4.42 Å². The zero-order chi connectivity index (χ0) is 9.10. The molecule has 13 heavy (non-hydrogen) atoms. The number of Topliss-reactive ketones (excluding diaryl/α,β-unsaturated/α-hetero) is 1. The molecule has 4 heteroatoms. The van der Waals surface area contributed by atoms with Crippen molar-refractivity contribution in [1.82, 2.24) is 9.88 Å². The second kappa shape index (κ2) is 3.70. The Labute approximate surface area is 76.6 Å². The highest BCUT2D eigenvalue weighted by atomic mass is 16.3. The smallest absolute Gasteiger partial charge is 0.180 e. The number of oxazole rings is 1. The highest BCUT2D eigenvalue weighted by Crippen LogP contribution is 2.09. The fraction of sp³-hybridized carbons (Fsp3) is 0.556. The third-order valence-electron chi connectivity index (χ3n) is 2.28. The molecule has 1 aliphatic heterocycles. The minimum absolute atomic E-state index is 0.369. The maximum Gasteiger partial charge on any atom is 0.180 e. The van der Waals surface area contributed by atoms with Crippen molar-refractivity contribution < 1.29 is 9.21 Å². The van der Waals surface area contributed by atoms with Gasteiger partial charge in [-0.1, -0.05) is 0 Å². The van der Waals surface area contributed by atoms with Crippen LogP contribution in [0.5, 0.6) is 0 Å². The van der Waals surface area contributed by atoms with Gasteiger partial charge in [-0.2, -0.15) is 0 Å². The van der Waals surface area contributed by atoms with Gasteiger partial charge in [0.1, 0.15) is 11.5 Å². The molecular formula is C9H12N2O2. The van der Waals surface area contributed by atoms with Crippen molar-refractivity contribution in [3.63, 3.8) is 0 Å². The lowest BCUT2D eigenvalue weighted by molar-refractivity contribution is -0.121. The fourth-order valence-electron chi connectivity index (χ4n) is 1.50. The number of nitrogens with zero attached hydrogens (tertiary/aromatic N) is 2. The molecule has 70 valence electrons. The van der Waals surface area contributed by atoms with Gasteiger partial charge in [0.05, 0.1) is 12.7 Å². The second-order valence-corrected chi connectivity index (χ2v) is 3.28. The first-order chi connectivity index (χ1) is 6.34. The Morgan fingerprint density at radius 3 is 2.85 bits per heavy atom. The molecule has 1 aliphatic rings. The molecule has 0 spiro atoms. The average molecular weight is 180 g/mol. The molecule has 1 aromatic rings. The third kappa shape index (κ3) is 2.15. The quantitative estimate of drug-likeness (QED) is 0.676. The molecule has 1 saturated heterocycles. The number of hydrogen-bond donors (Lipinski definition) is 0. The summed E-state index contributed by atoms with van der Waals surface area (Å²) in [5, 5.41) is 0. The predicted octanol–water partition coefficient (Wildman–Crippen LogP) is 0.840. The first-order valence-corrected chi connectivity index (χ1v) is 4.46. The number of rotatable bonds is 2. The van der Waals surface area contributed by atoms with Crippen molar-refractivity contribution >= 4 is 5.78 Å². The number of piperidine rings is 1. The molecule has 0 saturated carbocycles. The van der Waals surface area contributed by atoms with Crippen LogP contribution in [-0.2, 0) is 11.3 Å². The van der Waals surface area contributed by atoms with E-state index in [1.54, 1.807) is 6.20 Å². The zero-order valence-corrected chi connectivity index (χ0v) is 7.40. The van der Waals surface area contributed by atoms with Crippen molar-refractivity contribution in [3.8, 4) is 0 Å². The minimum Gasteiger partial charge on any atom is -0.447 e. The van der Waals surface area contributed by atoms with Gasteiger partial charge >= 0.3 is 0 Å². The number of ketones is 1. The highest BCUT2D eigenvalue weighted by Gasteiger charge is 2.16. The van der Waals surface area contributed by atoms with E-state index < -0.39 is 0 Å². The number of likely N-dealkylation sites (tertiary alicyclic amines) is 1. The van der Waals surface area contributed by atoms with E-state index in [1.807, 2.05) is 0 Å². The normalized spacial score (nSPS) is 19.2. The maximum absolute atomic E-state index is 10.9. The summed E-state index contributed by atoms with van der Waals surface area (Å²) in [5.74, 6) is 1.24. The van der Waals surface area contributed by atoms with Gasteiger partial charge in [0.2, 0.25) is 0 Å². The van der Waals surface area contributed by atoms with Crippen LogP contribution in [0.1, 0.15) is 18.6 Å². The standard InChI is InChI=1S/C9H12N2O2/c12-8-1-3-11(4-2-8)6-9-5-10-7-13-9/h5,7H,1-4,6H2. The number of carbonyl (C=O) groups is 1. The Balaban J connectivity index is 1.86. The lowest BCUT2D eigenvalue weighted by Gasteiger charge is -2.24. The van der Waals surface area contributed by atoms with Crippen LogP contribution in [0.2, 0.25) is 0 Å². The molecular weight excluding hydrogens is 168 g/mol. The summed E-state index contributed by atoms with van der Waals surface area (Å²) in [6.07, 6.45) is 4.50. The second-order valence-electron chi connectivity index (χ2n) is 3.28. The van der Waals surface area contributed by atoms with Crippen LogP contribution < -0.4 is 0 Å². The number of hydrogen-bond acceptors (Lipinski definition) is 4. The van der Waals surface area contributed by atoms with E-state index in [0.29, 0.717) is 18.6 Å². The van der Waals surface area contributed by atoms with Gasteiger partial charge in [0.25, 0.3) is 0 Å². The van der Waals surface area contributed by atoms with Gasteiger partial charge in [-0.15, -0.1) is 0 Å². The van der Waals surface area contributed by atoms with E-state index in [1.165, 1.54) is 6.39 Å². The summed E-state index contributed by atoms with van der Waals surface area (Å²) in [7, 11) is 0. The zero-order valence-electron chi connectivity index (χ0n) is 7.40. The lowest BCUT2D eigenvalue weighted by atomic mass is 10.1. The van der Waals surface area contributed by atoms with E-state index in [-0.39, 0.29) is 0 Å². The summed E-state index contributed by atoms with van der Waals surface area (Å²) in [6.45, 7) is 2.46. The molecule has 2 heterocycles. The van der Waals surface area contributed by atoms with Gasteiger partial charge in [-0.3, -0.25) is 9.69 Å². The van der Waals surface area contributed by atoms with E-state index in [2.05, 4.69) is 9.88 Å². The third-order valence-corrected chi connectivity index (χ3v) is 2.28. The molecule has 2 rings (SSSR count). The van der Waals surface area contributed by atoms with E-state index in [0.717, 1.165) is 25.4 Å². The monoisotopic (exact) mass is 180 g/mol. The Morgan fingerprint density at radius 1 is 1.46 bits per heavy atom. The Kier molecular flexibility index (Phi) is 2.40. The molecule has 0 unspecified atom stereocenters. The van der Waals surface area contributed by atoms with Crippen LogP contribution in [0.3, 0.4) is 0 Å². The fourth-order valence-corrected chi connectivity index (χ4v) is 1.50. The molecule has 0 N–H and O–H groups in total. The van der Waals surface area contributed by atoms with Gasteiger partial charge in [0.15, 0.2) is 6.39 Å². The van der Waals surface area contributed by atoms with Gasteiger partial charge < -0.3 is 4.42 Å². The van der Waals surface area contributed by atoms with Gasteiger partial charge in [-0.25, -0.2) is 4.98 Å². The molecule has 1 aromatic heterocycles. The molecule has 0 aromatic carbocycles. The number of aromatic nitrogens is 1. The molecule has 0 atom stereocenters. The van der Waals surface area contributed by atoms with Crippen LogP contribution in [0, 0.1) is 0 Å². The summed E-state index contributed by atoms with van der Waals surface area (Å²) in [4.78, 5) is 17.0. The Hall–Kier alpha value is -1.16. The van der Waals surface area contributed by atoms with E-state index >= 15 is 0 Å². The molecule has 1 fully saturated rings. The summed E-state index contributed by atoms with van der Waals surface area (Å²) >= 11 is 0. The molecule has 0 bridgehead atoms. The van der Waals surface area contributed by atoms with Crippen molar-refractivity contribution in [1.29, 1.82) is 0 Å². The predicted molar refractivity (Wildman–Crippen MR) is 46.0 cm³/mol. The van der Waals surface area contributed by atoms with Crippen molar-refractivity contribution in [3.05, 3.63) is 18.4 Å². The van der Waals surface area contributed by atoms with Crippen LogP contribution in [0.15, 0.2) is 17.0 Å². The van der Waals surface area contributed by atoms with Crippen LogP contribution >= 0.6 is 0 Å². The highest BCUT2D eigenvalue weighted by molar-refractivity contribution is 5.79. The van der Waals surface area contributed by atoms with Gasteiger partial charge in [0, 0.05) is 25.9 Å². The first-order valence-electron chi connectivity index (χ1n) is 4.46. The van der Waals surface area contributed by atoms with E-state index in [9.17, 15) is 4.79 Å². The molecule has 4 nitrogen and oxygen atoms in total. The molecule has 0 radical (unpaired) electrons. The van der Waals surface area contributed by atoms with Gasteiger partial charge in [-0.05, 0) is 0 Å². The number of carbonyl (C=O) groups excluding carboxylic acids is 1. The van der Waals surface area contributed by atoms with Crippen LogP contribution in [0.25, 0.3) is 0 Å². The average Bonchev–Trinajstić information content (AvgIpc) is 2.62. The molecule has 0 amide bonds. The Morgan fingerprint density at radius 2 is 2.23 bits per heavy atom. The minimum atomic E-state index is 0.369. The van der Waals surface area contributed by atoms with Crippen molar-refractivity contribution in [2.75, 3.05) is 13.1 Å².